The molecular formula is C18H29N3. The number of pyridine rings is 1. The molecule has 3 nitrogen and oxygen atoms in total. The van der Waals surface area contributed by atoms with E-state index in [9.17, 15) is 0 Å². The van der Waals surface area contributed by atoms with Crippen LogP contribution >= 0.6 is 0 Å². The average molecular weight is 287 g/mol. The van der Waals surface area contributed by atoms with Crippen molar-refractivity contribution < 1.29 is 0 Å². The molecule has 2 fully saturated rings. The molecule has 21 heavy (non-hydrogen) atoms. The van der Waals surface area contributed by atoms with E-state index in [1.54, 1.807) is 0 Å². The van der Waals surface area contributed by atoms with Crippen LogP contribution in [0.2, 0.25) is 0 Å². The lowest BCUT2D eigenvalue weighted by Gasteiger charge is -2.39. The highest BCUT2D eigenvalue weighted by molar-refractivity contribution is 5.48. The van der Waals surface area contributed by atoms with Crippen molar-refractivity contribution in [3.63, 3.8) is 0 Å². The van der Waals surface area contributed by atoms with Gasteiger partial charge in [-0.15, -0.1) is 0 Å². The first-order chi connectivity index (χ1) is 10.2. The SMILES string of the molecule is Cc1cc([C@H]2CCCCN2C(C)C)cnc1N1CCCC1. The molecule has 3 rings (SSSR count). The van der Waals surface area contributed by atoms with Gasteiger partial charge in [0.2, 0.25) is 0 Å². The molecule has 1 aromatic rings. The van der Waals surface area contributed by atoms with Crippen LogP contribution in [-0.4, -0.2) is 35.6 Å². The predicted molar refractivity (Wildman–Crippen MR) is 88.9 cm³/mol. The summed E-state index contributed by atoms with van der Waals surface area (Å²) in [6.45, 7) is 10.4. The van der Waals surface area contributed by atoms with E-state index in [0.717, 1.165) is 0 Å². The van der Waals surface area contributed by atoms with E-state index >= 15 is 0 Å². The quantitative estimate of drug-likeness (QED) is 0.840. The van der Waals surface area contributed by atoms with Crippen LogP contribution in [0, 0.1) is 6.92 Å². The minimum Gasteiger partial charge on any atom is -0.356 e. The number of anilines is 1. The van der Waals surface area contributed by atoms with E-state index in [4.69, 9.17) is 4.98 Å². The lowest BCUT2D eigenvalue weighted by Crippen LogP contribution is -2.38. The molecule has 0 amide bonds. The summed E-state index contributed by atoms with van der Waals surface area (Å²) in [5.74, 6) is 1.21. The fraction of sp³-hybridized carbons (Fsp3) is 0.722. The van der Waals surface area contributed by atoms with Gasteiger partial charge in [0.25, 0.3) is 0 Å². The molecule has 0 aliphatic carbocycles. The van der Waals surface area contributed by atoms with Crippen molar-refractivity contribution in [3.8, 4) is 0 Å². The molecule has 2 aliphatic heterocycles. The number of nitrogens with zero attached hydrogens (tertiary/aromatic N) is 3. The first kappa shape index (κ1) is 14.8. The maximum absolute atomic E-state index is 4.83. The Labute approximate surface area is 129 Å². The molecular weight excluding hydrogens is 258 g/mol. The topological polar surface area (TPSA) is 19.4 Å². The first-order valence-electron chi connectivity index (χ1n) is 8.64. The molecule has 116 valence electrons. The fourth-order valence-corrected chi connectivity index (χ4v) is 3.96. The predicted octanol–water partition coefficient (Wildman–Crippen LogP) is 3.93. The molecule has 3 heteroatoms. The number of rotatable bonds is 3. The summed E-state index contributed by atoms with van der Waals surface area (Å²) in [5.41, 5.74) is 2.77. The third kappa shape index (κ3) is 3.08. The van der Waals surface area contributed by atoms with Gasteiger partial charge in [-0.05, 0) is 70.2 Å². The molecule has 1 atom stereocenters. The summed E-state index contributed by atoms with van der Waals surface area (Å²) in [6, 6.07) is 3.58. The van der Waals surface area contributed by atoms with Gasteiger partial charge in [-0.3, -0.25) is 4.90 Å². The molecule has 0 radical (unpaired) electrons. The van der Waals surface area contributed by atoms with Gasteiger partial charge in [-0.1, -0.05) is 6.42 Å². The smallest absolute Gasteiger partial charge is 0.131 e. The van der Waals surface area contributed by atoms with Crippen LogP contribution < -0.4 is 4.90 Å². The number of hydrogen-bond acceptors (Lipinski definition) is 3. The highest BCUT2D eigenvalue weighted by atomic mass is 15.2. The second-order valence-corrected chi connectivity index (χ2v) is 6.95. The van der Waals surface area contributed by atoms with E-state index in [1.165, 1.54) is 68.7 Å². The number of aromatic nitrogens is 1. The maximum atomic E-state index is 4.83. The number of piperidine rings is 1. The summed E-state index contributed by atoms with van der Waals surface area (Å²) in [4.78, 5) is 9.92. The Balaban J connectivity index is 1.83. The molecule has 0 aromatic carbocycles. The van der Waals surface area contributed by atoms with Crippen molar-refractivity contribution in [3.05, 3.63) is 23.4 Å². The Morgan fingerprint density at radius 2 is 1.81 bits per heavy atom. The average Bonchev–Trinajstić information content (AvgIpc) is 3.01. The van der Waals surface area contributed by atoms with Gasteiger partial charge in [0.15, 0.2) is 0 Å². The van der Waals surface area contributed by atoms with Gasteiger partial charge < -0.3 is 4.90 Å². The Hall–Kier alpha value is -1.09. The Morgan fingerprint density at radius 1 is 1.10 bits per heavy atom. The Kier molecular flexibility index (Phi) is 4.48. The van der Waals surface area contributed by atoms with Crippen molar-refractivity contribution in [1.29, 1.82) is 0 Å². The molecule has 0 bridgehead atoms. The highest BCUT2D eigenvalue weighted by Crippen LogP contribution is 2.34. The summed E-state index contributed by atoms with van der Waals surface area (Å²) in [5, 5.41) is 0. The third-order valence-corrected chi connectivity index (χ3v) is 5.07. The van der Waals surface area contributed by atoms with E-state index < -0.39 is 0 Å². The first-order valence-corrected chi connectivity index (χ1v) is 8.64. The molecule has 0 N–H and O–H groups in total. The van der Waals surface area contributed by atoms with Crippen LogP contribution in [0.1, 0.15) is 63.1 Å². The van der Waals surface area contributed by atoms with E-state index in [2.05, 4.69) is 42.8 Å². The van der Waals surface area contributed by atoms with Crippen molar-refractivity contribution in [2.75, 3.05) is 24.5 Å². The fourth-order valence-electron chi connectivity index (χ4n) is 3.96. The van der Waals surface area contributed by atoms with E-state index in [-0.39, 0.29) is 0 Å². The minimum absolute atomic E-state index is 0.567. The van der Waals surface area contributed by atoms with Crippen LogP contribution in [0.4, 0.5) is 5.82 Å². The molecule has 0 spiro atoms. The molecule has 1 aromatic heterocycles. The lowest BCUT2D eigenvalue weighted by atomic mass is 9.94. The van der Waals surface area contributed by atoms with Crippen molar-refractivity contribution in [2.45, 2.75) is 65.0 Å². The number of likely N-dealkylation sites (tertiary alicyclic amines) is 1. The molecule has 2 saturated heterocycles. The van der Waals surface area contributed by atoms with Crippen molar-refractivity contribution in [1.82, 2.24) is 9.88 Å². The standard InChI is InChI=1S/C18H29N3/c1-14(2)21-11-5-4-8-17(21)16-12-15(3)18(19-13-16)20-9-6-7-10-20/h12-14,17H,4-11H2,1-3H3/t17-/m1/s1. The van der Waals surface area contributed by atoms with Gasteiger partial charge in [-0.25, -0.2) is 4.98 Å². The molecule has 3 heterocycles. The molecule has 0 unspecified atom stereocenters. The summed E-state index contributed by atoms with van der Waals surface area (Å²) in [6.07, 6.45) is 8.74. The highest BCUT2D eigenvalue weighted by Gasteiger charge is 2.27. The Morgan fingerprint density at radius 3 is 2.48 bits per heavy atom. The zero-order valence-electron chi connectivity index (χ0n) is 13.8. The zero-order chi connectivity index (χ0) is 14.8. The summed E-state index contributed by atoms with van der Waals surface area (Å²) in [7, 11) is 0. The van der Waals surface area contributed by atoms with Gasteiger partial charge in [-0.2, -0.15) is 0 Å². The summed E-state index contributed by atoms with van der Waals surface area (Å²) >= 11 is 0. The third-order valence-electron chi connectivity index (χ3n) is 5.07. The monoisotopic (exact) mass is 287 g/mol. The molecule has 0 saturated carbocycles. The number of aryl methyl sites for hydroxylation is 1. The van der Waals surface area contributed by atoms with Gasteiger partial charge in [0.1, 0.15) is 5.82 Å². The van der Waals surface area contributed by atoms with Crippen LogP contribution in [0.5, 0.6) is 0 Å². The summed E-state index contributed by atoms with van der Waals surface area (Å²) < 4.78 is 0. The van der Waals surface area contributed by atoms with Gasteiger partial charge in [0.05, 0.1) is 0 Å². The van der Waals surface area contributed by atoms with Crippen molar-refractivity contribution in [2.24, 2.45) is 0 Å². The second kappa shape index (κ2) is 6.35. The van der Waals surface area contributed by atoms with Crippen molar-refractivity contribution >= 4 is 5.82 Å². The normalized spacial score (nSPS) is 24.0. The zero-order valence-corrected chi connectivity index (χ0v) is 13.8. The van der Waals surface area contributed by atoms with Crippen LogP contribution in [0.25, 0.3) is 0 Å². The van der Waals surface area contributed by atoms with Gasteiger partial charge in [0, 0.05) is 31.4 Å². The Bertz CT molecular complexity index is 477. The molecule has 2 aliphatic rings. The second-order valence-electron chi connectivity index (χ2n) is 6.95. The maximum Gasteiger partial charge on any atom is 0.131 e. The lowest BCUT2D eigenvalue weighted by molar-refractivity contribution is 0.112. The van der Waals surface area contributed by atoms with Crippen LogP contribution in [0.15, 0.2) is 12.3 Å². The van der Waals surface area contributed by atoms with Crippen LogP contribution in [-0.2, 0) is 0 Å². The largest absolute Gasteiger partial charge is 0.356 e. The van der Waals surface area contributed by atoms with E-state index in [1.807, 2.05) is 0 Å². The number of hydrogen-bond donors (Lipinski definition) is 0. The van der Waals surface area contributed by atoms with E-state index in [0.29, 0.717) is 12.1 Å². The van der Waals surface area contributed by atoms with Gasteiger partial charge >= 0.3 is 0 Å². The van der Waals surface area contributed by atoms with Crippen LogP contribution in [0.3, 0.4) is 0 Å². The minimum atomic E-state index is 0.567.